The van der Waals surface area contributed by atoms with Gasteiger partial charge in [0, 0.05) is 32.4 Å². The molecule has 0 saturated carbocycles. The fourth-order valence-corrected chi connectivity index (χ4v) is 4.35. The molecule has 1 fully saturated rings. The van der Waals surface area contributed by atoms with Crippen molar-refractivity contribution >= 4 is 31.9 Å². The van der Waals surface area contributed by atoms with Crippen molar-refractivity contribution in [1.29, 1.82) is 0 Å². The second-order valence-electron chi connectivity index (χ2n) is 4.42. The van der Waals surface area contributed by atoms with Crippen LogP contribution in [0.1, 0.15) is 23.4 Å². The molecule has 1 aliphatic rings. The van der Waals surface area contributed by atoms with Gasteiger partial charge >= 0.3 is 5.97 Å². The second-order valence-corrected chi connectivity index (χ2v) is 7.10. The zero-order chi connectivity index (χ0) is 14.9. The van der Waals surface area contributed by atoms with Crippen LogP contribution in [0.25, 0.3) is 0 Å². The number of nitrogens with zero attached hydrogens (tertiary/aromatic N) is 1. The molecule has 0 atom stereocenters. The van der Waals surface area contributed by atoms with Crippen LogP contribution in [0.2, 0.25) is 0 Å². The molecular weight excluding hydrogens is 354 g/mol. The average molecular weight is 368 g/mol. The first kappa shape index (κ1) is 15.5. The van der Waals surface area contributed by atoms with Crippen LogP contribution in [0.3, 0.4) is 0 Å². The van der Waals surface area contributed by atoms with E-state index in [0.717, 1.165) is 6.07 Å². The first-order valence-electron chi connectivity index (χ1n) is 5.92. The molecule has 2 rings (SSSR count). The summed E-state index contributed by atoms with van der Waals surface area (Å²) in [5.74, 6) is -1.74. The van der Waals surface area contributed by atoms with Crippen molar-refractivity contribution in [2.75, 3.05) is 20.3 Å². The van der Waals surface area contributed by atoms with Gasteiger partial charge in [0.15, 0.2) is 4.67 Å². The van der Waals surface area contributed by atoms with E-state index in [9.17, 15) is 13.2 Å². The Bertz CT molecular complexity index is 604. The summed E-state index contributed by atoms with van der Waals surface area (Å²) >= 11 is 2.95. The first-order valence-corrected chi connectivity index (χ1v) is 8.15. The van der Waals surface area contributed by atoms with Crippen molar-refractivity contribution in [2.24, 2.45) is 0 Å². The summed E-state index contributed by atoms with van der Waals surface area (Å²) in [5, 5.41) is 8.84. The minimum atomic E-state index is -3.81. The summed E-state index contributed by atoms with van der Waals surface area (Å²) in [4.78, 5) is 10.6. The Morgan fingerprint density at radius 1 is 1.45 bits per heavy atom. The van der Waals surface area contributed by atoms with E-state index in [1.807, 2.05) is 0 Å². The Balaban J connectivity index is 2.31. The van der Waals surface area contributed by atoms with Crippen molar-refractivity contribution in [3.8, 4) is 0 Å². The van der Waals surface area contributed by atoms with Crippen LogP contribution in [0.15, 0.2) is 20.0 Å². The topological polar surface area (TPSA) is 97.0 Å². The number of carboxylic acids is 1. The zero-order valence-electron chi connectivity index (χ0n) is 10.7. The summed E-state index contributed by atoms with van der Waals surface area (Å²) in [7, 11) is -2.33. The molecule has 0 spiro atoms. The fraction of sp³-hybridized carbons (Fsp3) is 0.545. The standard InChI is InChI=1S/C11H14BrNO6S/c1-13(7-2-4-18-5-3-7)20(16,17)9-6-8(11(14)15)19-10(9)12/h6-7H,2-5H2,1H3,(H,14,15). The fourth-order valence-electron chi connectivity index (χ4n) is 2.03. The lowest BCUT2D eigenvalue weighted by Crippen LogP contribution is -2.40. The summed E-state index contributed by atoms with van der Waals surface area (Å²) in [6.45, 7) is 1.02. The number of rotatable bonds is 4. The highest BCUT2D eigenvalue weighted by Crippen LogP contribution is 2.30. The first-order chi connectivity index (χ1) is 9.34. The third-order valence-electron chi connectivity index (χ3n) is 3.23. The maximum atomic E-state index is 12.5. The van der Waals surface area contributed by atoms with Gasteiger partial charge in [-0.2, -0.15) is 4.31 Å². The van der Waals surface area contributed by atoms with Crippen molar-refractivity contribution in [3.63, 3.8) is 0 Å². The lowest BCUT2D eigenvalue weighted by Gasteiger charge is -2.30. The van der Waals surface area contributed by atoms with Gasteiger partial charge in [0.25, 0.3) is 0 Å². The Morgan fingerprint density at radius 3 is 2.55 bits per heavy atom. The third kappa shape index (κ3) is 2.90. The van der Waals surface area contributed by atoms with Crippen LogP contribution in [0, 0.1) is 0 Å². The summed E-state index contributed by atoms with van der Waals surface area (Å²) in [5.41, 5.74) is 0. The molecule has 1 aromatic heterocycles. The number of furan rings is 1. The van der Waals surface area contributed by atoms with Gasteiger partial charge in [-0.3, -0.25) is 0 Å². The number of aromatic carboxylic acids is 1. The van der Waals surface area contributed by atoms with Gasteiger partial charge in [0.2, 0.25) is 15.8 Å². The van der Waals surface area contributed by atoms with Gasteiger partial charge in [-0.15, -0.1) is 0 Å². The third-order valence-corrected chi connectivity index (χ3v) is 6.00. The van der Waals surface area contributed by atoms with E-state index in [0.29, 0.717) is 26.1 Å². The van der Waals surface area contributed by atoms with Gasteiger partial charge in [0.1, 0.15) is 4.90 Å². The van der Waals surface area contributed by atoms with Gasteiger partial charge < -0.3 is 14.3 Å². The van der Waals surface area contributed by atoms with Crippen molar-refractivity contribution < 1.29 is 27.5 Å². The molecule has 112 valence electrons. The van der Waals surface area contributed by atoms with Crippen LogP contribution in [0.4, 0.5) is 0 Å². The van der Waals surface area contributed by atoms with Crippen molar-refractivity contribution in [3.05, 3.63) is 16.5 Å². The molecular formula is C11H14BrNO6S. The zero-order valence-corrected chi connectivity index (χ0v) is 13.1. The van der Waals surface area contributed by atoms with Gasteiger partial charge in [0.05, 0.1) is 0 Å². The van der Waals surface area contributed by atoms with E-state index in [4.69, 9.17) is 14.3 Å². The second kappa shape index (κ2) is 5.84. The predicted octanol–water partition coefficient (Wildman–Crippen LogP) is 1.54. The van der Waals surface area contributed by atoms with E-state index in [2.05, 4.69) is 15.9 Å². The number of carboxylic acid groups (broad SMARTS) is 1. The summed E-state index contributed by atoms with van der Waals surface area (Å²) < 4.78 is 36.2. The van der Waals surface area contributed by atoms with Gasteiger partial charge in [-0.1, -0.05) is 0 Å². The minimum Gasteiger partial charge on any atom is -0.475 e. The van der Waals surface area contributed by atoms with Crippen molar-refractivity contribution in [2.45, 2.75) is 23.8 Å². The Labute approximate surface area is 124 Å². The maximum absolute atomic E-state index is 12.5. The number of sulfonamides is 1. The molecule has 0 aromatic carbocycles. The molecule has 0 radical (unpaired) electrons. The van der Waals surface area contributed by atoms with E-state index in [-0.39, 0.29) is 15.6 Å². The summed E-state index contributed by atoms with van der Waals surface area (Å²) in [6, 6.07) is 0.848. The molecule has 1 aromatic rings. The molecule has 0 unspecified atom stereocenters. The number of halogens is 1. The lowest BCUT2D eigenvalue weighted by atomic mass is 10.1. The monoisotopic (exact) mass is 367 g/mol. The number of hydrogen-bond donors (Lipinski definition) is 1. The molecule has 0 aliphatic carbocycles. The van der Waals surface area contributed by atoms with E-state index >= 15 is 0 Å². The highest BCUT2D eigenvalue weighted by atomic mass is 79.9. The van der Waals surface area contributed by atoms with Crippen molar-refractivity contribution in [1.82, 2.24) is 4.31 Å². The Morgan fingerprint density at radius 2 is 2.05 bits per heavy atom. The predicted molar refractivity (Wildman–Crippen MR) is 72.2 cm³/mol. The van der Waals surface area contributed by atoms with E-state index in [1.165, 1.54) is 11.4 Å². The maximum Gasteiger partial charge on any atom is 0.371 e. The Kier molecular flexibility index (Phi) is 4.52. The van der Waals surface area contributed by atoms with Gasteiger partial charge in [-0.05, 0) is 28.8 Å². The number of ether oxygens (including phenoxy) is 1. The molecule has 9 heteroatoms. The van der Waals surface area contributed by atoms with Crippen LogP contribution >= 0.6 is 15.9 Å². The van der Waals surface area contributed by atoms with Gasteiger partial charge in [-0.25, -0.2) is 13.2 Å². The molecule has 7 nitrogen and oxygen atoms in total. The SMILES string of the molecule is CN(C1CCOCC1)S(=O)(=O)c1cc(C(=O)O)oc1Br. The highest BCUT2D eigenvalue weighted by molar-refractivity contribution is 9.10. The molecule has 0 amide bonds. The lowest BCUT2D eigenvalue weighted by molar-refractivity contribution is 0.0631. The molecule has 1 aliphatic heterocycles. The van der Waals surface area contributed by atoms with E-state index < -0.39 is 21.8 Å². The molecule has 1 saturated heterocycles. The highest BCUT2D eigenvalue weighted by Gasteiger charge is 2.33. The molecule has 1 N–H and O–H groups in total. The number of carbonyl (C=O) groups is 1. The Hall–Kier alpha value is -0.900. The van der Waals surface area contributed by atoms with E-state index in [1.54, 1.807) is 0 Å². The normalized spacial score (nSPS) is 17.6. The van der Waals surface area contributed by atoms with Crippen LogP contribution in [0.5, 0.6) is 0 Å². The molecule has 2 heterocycles. The van der Waals surface area contributed by atoms with Crippen LogP contribution in [-0.2, 0) is 14.8 Å². The number of hydrogen-bond acceptors (Lipinski definition) is 5. The largest absolute Gasteiger partial charge is 0.475 e. The molecule has 0 bridgehead atoms. The van der Waals surface area contributed by atoms with Crippen LogP contribution in [-0.4, -0.2) is 50.1 Å². The van der Waals surface area contributed by atoms with Crippen LogP contribution < -0.4 is 0 Å². The molecule has 20 heavy (non-hydrogen) atoms. The minimum absolute atomic E-state index is 0.103. The summed E-state index contributed by atoms with van der Waals surface area (Å²) in [6.07, 6.45) is 1.22. The average Bonchev–Trinajstić information content (AvgIpc) is 2.82. The smallest absolute Gasteiger partial charge is 0.371 e. The quantitative estimate of drug-likeness (QED) is 0.866.